The van der Waals surface area contributed by atoms with Crippen molar-refractivity contribution in [3.05, 3.63) is 0 Å². The van der Waals surface area contributed by atoms with Gasteiger partial charge in [0.15, 0.2) is 0 Å². The van der Waals surface area contributed by atoms with Gasteiger partial charge in [-0.3, -0.25) is 0 Å². The molecule has 0 spiro atoms. The monoisotopic (exact) mass is 173 g/mol. The summed E-state index contributed by atoms with van der Waals surface area (Å²) in [5.41, 5.74) is 0. The number of piperidine rings is 1. The molecule has 0 aromatic rings. The van der Waals surface area contributed by atoms with E-state index in [0.717, 1.165) is 32.5 Å². The summed E-state index contributed by atoms with van der Waals surface area (Å²) in [5, 5.41) is 8.56. The predicted octanol–water partition coefficient (Wildman–Crippen LogP) is 0.480. The summed E-state index contributed by atoms with van der Waals surface area (Å²) < 4.78 is 5.45. The number of nitrogens with zero attached hydrogens (tertiary/aromatic N) is 1. The first kappa shape index (κ1) is 9.96. The molecule has 0 unspecified atom stereocenters. The summed E-state index contributed by atoms with van der Waals surface area (Å²) in [7, 11) is 0. The lowest BCUT2D eigenvalue weighted by atomic mass is 10.1. The van der Waals surface area contributed by atoms with Crippen molar-refractivity contribution in [3.63, 3.8) is 0 Å². The van der Waals surface area contributed by atoms with Crippen LogP contribution < -0.4 is 0 Å². The summed E-state index contributed by atoms with van der Waals surface area (Å²) in [6.07, 6.45) is 2.63. The Balaban J connectivity index is 2.09. The molecule has 0 amide bonds. The fourth-order valence-corrected chi connectivity index (χ4v) is 1.61. The van der Waals surface area contributed by atoms with Crippen molar-refractivity contribution < 1.29 is 9.84 Å². The maximum absolute atomic E-state index is 8.56. The second-order valence-corrected chi connectivity index (χ2v) is 3.23. The van der Waals surface area contributed by atoms with E-state index in [4.69, 9.17) is 9.84 Å². The highest BCUT2D eigenvalue weighted by Gasteiger charge is 2.17. The highest BCUT2D eigenvalue weighted by Crippen LogP contribution is 2.12. The van der Waals surface area contributed by atoms with E-state index in [-0.39, 0.29) is 6.61 Å². The van der Waals surface area contributed by atoms with Gasteiger partial charge in [-0.05, 0) is 19.4 Å². The molecule has 0 saturated carbocycles. The number of hydrogen-bond donors (Lipinski definition) is 1. The maximum Gasteiger partial charge on any atom is 0.0701 e. The Bertz CT molecular complexity index is 111. The molecule has 0 aromatic heterocycles. The van der Waals surface area contributed by atoms with Crippen LogP contribution in [0.25, 0.3) is 0 Å². The van der Waals surface area contributed by atoms with Gasteiger partial charge < -0.3 is 14.7 Å². The van der Waals surface area contributed by atoms with Crippen LogP contribution in [0.3, 0.4) is 0 Å². The Morgan fingerprint density at radius 2 is 2.08 bits per heavy atom. The molecule has 1 N–H and O–H groups in total. The minimum Gasteiger partial charge on any atom is -0.394 e. The van der Waals surface area contributed by atoms with Crippen molar-refractivity contribution in [2.45, 2.75) is 25.9 Å². The van der Waals surface area contributed by atoms with Crippen LogP contribution in [0.15, 0.2) is 0 Å². The van der Waals surface area contributed by atoms with Crippen LogP contribution in [0.2, 0.25) is 0 Å². The van der Waals surface area contributed by atoms with Gasteiger partial charge in [-0.15, -0.1) is 0 Å². The van der Waals surface area contributed by atoms with Gasteiger partial charge >= 0.3 is 0 Å². The van der Waals surface area contributed by atoms with Gasteiger partial charge in [-0.2, -0.15) is 0 Å². The molecular formula is C9H19NO2. The average molecular weight is 173 g/mol. The molecule has 1 heterocycles. The van der Waals surface area contributed by atoms with E-state index >= 15 is 0 Å². The van der Waals surface area contributed by atoms with Gasteiger partial charge in [0.25, 0.3) is 0 Å². The van der Waals surface area contributed by atoms with E-state index in [9.17, 15) is 0 Å². The summed E-state index contributed by atoms with van der Waals surface area (Å²) >= 11 is 0. The SMILES string of the molecule is CCN1CCC(OCCO)CC1. The molecule has 0 aromatic carbocycles. The van der Waals surface area contributed by atoms with E-state index in [1.54, 1.807) is 0 Å². The van der Waals surface area contributed by atoms with Crippen molar-refractivity contribution in [1.82, 2.24) is 4.90 Å². The number of rotatable bonds is 4. The first-order valence-corrected chi connectivity index (χ1v) is 4.81. The number of aliphatic hydroxyl groups is 1. The van der Waals surface area contributed by atoms with Crippen molar-refractivity contribution in [1.29, 1.82) is 0 Å². The number of aliphatic hydroxyl groups excluding tert-OH is 1. The largest absolute Gasteiger partial charge is 0.394 e. The Morgan fingerprint density at radius 3 is 2.58 bits per heavy atom. The predicted molar refractivity (Wildman–Crippen MR) is 48.2 cm³/mol. The Morgan fingerprint density at radius 1 is 1.42 bits per heavy atom. The summed E-state index contributed by atoms with van der Waals surface area (Å²) in [4.78, 5) is 2.43. The zero-order valence-corrected chi connectivity index (χ0v) is 7.83. The van der Waals surface area contributed by atoms with Crippen molar-refractivity contribution in [3.8, 4) is 0 Å². The van der Waals surface area contributed by atoms with Crippen LogP contribution in [0.5, 0.6) is 0 Å². The van der Waals surface area contributed by atoms with Gasteiger partial charge in [-0.25, -0.2) is 0 Å². The summed E-state index contributed by atoms with van der Waals surface area (Å²) in [6.45, 7) is 6.27. The summed E-state index contributed by atoms with van der Waals surface area (Å²) in [5.74, 6) is 0. The van der Waals surface area contributed by atoms with Crippen molar-refractivity contribution in [2.24, 2.45) is 0 Å². The topological polar surface area (TPSA) is 32.7 Å². The van der Waals surface area contributed by atoms with E-state index in [2.05, 4.69) is 11.8 Å². The van der Waals surface area contributed by atoms with E-state index in [1.807, 2.05) is 0 Å². The number of likely N-dealkylation sites (tertiary alicyclic amines) is 1. The lowest BCUT2D eigenvalue weighted by molar-refractivity contribution is -0.00684. The Labute approximate surface area is 74.3 Å². The smallest absolute Gasteiger partial charge is 0.0701 e. The third-order valence-corrected chi connectivity index (χ3v) is 2.43. The van der Waals surface area contributed by atoms with Gasteiger partial charge in [-0.1, -0.05) is 6.92 Å². The number of hydrogen-bond acceptors (Lipinski definition) is 3. The van der Waals surface area contributed by atoms with Crippen LogP contribution in [0.1, 0.15) is 19.8 Å². The lowest BCUT2D eigenvalue weighted by Gasteiger charge is -2.30. The molecule has 3 nitrogen and oxygen atoms in total. The molecular weight excluding hydrogens is 154 g/mol. The van der Waals surface area contributed by atoms with Gasteiger partial charge in [0, 0.05) is 13.1 Å². The van der Waals surface area contributed by atoms with Gasteiger partial charge in [0.05, 0.1) is 19.3 Å². The zero-order valence-electron chi connectivity index (χ0n) is 7.83. The Hall–Kier alpha value is -0.120. The van der Waals surface area contributed by atoms with Crippen LogP contribution in [0.4, 0.5) is 0 Å². The lowest BCUT2D eigenvalue weighted by Crippen LogP contribution is -2.37. The highest BCUT2D eigenvalue weighted by atomic mass is 16.5. The fraction of sp³-hybridized carbons (Fsp3) is 1.00. The third kappa shape index (κ3) is 3.09. The van der Waals surface area contributed by atoms with Gasteiger partial charge in [0.1, 0.15) is 0 Å². The molecule has 72 valence electrons. The minimum absolute atomic E-state index is 0.147. The molecule has 12 heavy (non-hydrogen) atoms. The first-order valence-electron chi connectivity index (χ1n) is 4.81. The molecule has 0 aliphatic carbocycles. The Kier molecular flexibility index (Phi) is 4.58. The molecule has 1 fully saturated rings. The van der Waals surface area contributed by atoms with E-state index in [0.29, 0.717) is 12.7 Å². The van der Waals surface area contributed by atoms with E-state index < -0.39 is 0 Å². The normalized spacial score (nSPS) is 21.5. The quantitative estimate of drug-likeness (QED) is 0.671. The standard InChI is InChI=1S/C9H19NO2/c1-2-10-5-3-9(4-6-10)12-8-7-11/h9,11H,2-8H2,1H3. The molecule has 3 heteroatoms. The maximum atomic E-state index is 8.56. The van der Waals surface area contributed by atoms with Crippen LogP contribution in [-0.2, 0) is 4.74 Å². The van der Waals surface area contributed by atoms with Crippen LogP contribution >= 0.6 is 0 Å². The molecule has 0 radical (unpaired) electrons. The highest BCUT2D eigenvalue weighted by molar-refractivity contribution is 4.71. The van der Waals surface area contributed by atoms with Crippen LogP contribution in [-0.4, -0.2) is 49.0 Å². The van der Waals surface area contributed by atoms with Crippen LogP contribution in [0, 0.1) is 0 Å². The number of ether oxygens (including phenoxy) is 1. The second-order valence-electron chi connectivity index (χ2n) is 3.23. The van der Waals surface area contributed by atoms with E-state index in [1.165, 1.54) is 0 Å². The molecule has 0 atom stereocenters. The summed E-state index contributed by atoms with van der Waals surface area (Å²) in [6, 6.07) is 0. The third-order valence-electron chi connectivity index (χ3n) is 2.43. The molecule has 1 aliphatic rings. The average Bonchev–Trinajstić information content (AvgIpc) is 2.15. The van der Waals surface area contributed by atoms with Crippen molar-refractivity contribution in [2.75, 3.05) is 32.8 Å². The molecule has 1 rings (SSSR count). The molecule has 1 aliphatic heterocycles. The van der Waals surface area contributed by atoms with Gasteiger partial charge in [0.2, 0.25) is 0 Å². The minimum atomic E-state index is 0.147. The molecule has 1 saturated heterocycles. The first-order chi connectivity index (χ1) is 5.86. The fourth-order valence-electron chi connectivity index (χ4n) is 1.61. The second kappa shape index (κ2) is 5.51. The van der Waals surface area contributed by atoms with Crippen molar-refractivity contribution >= 4 is 0 Å². The zero-order chi connectivity index (χ0) is 8.81. The molecule has 0 bridgehead atoms.